The Morgan fingerprint density at radius 1 is 1.50 bits per heavy atom. The highest BCUT2D eigenvalue weighted by molar-refractivity contribution is 6.17. The third kappa shape index (κ3) is 6.18. The minimum atomic E-state index is -0.912. The lowest BCUT2D eigenvalue weighted by molar-refractivity contribution is 0.0472. The average Bonchev–Trinajstić information content (AvgIpc) is 1.98. The van der Waals surface area contributed by atoms with E-state index >= 15 is 0 Å². The highest BCUT2D eigenvalue weighted by Gasteiger charge is 1.99. The van der Waals surface area contributed by atoms with Gasteiger partial charge in [0.15, 0.2) is 0 Å². The first-order valence-electron chi connectivity index (χ1n) is 3.25. The fourth-order valence-electron chi connectivity index (χ4n) is 0.379. The summed E-state index contributed by atoms with van der Waals surface area (Å²) in [6, 6.07) is 0. The van der Waals surface area contributed by atoms with E-state index in [2.05, 4.69) is 0 Å². The summed E-state index contributed by atoms with van der Waals surface area (Å²) in [5, 5.41) is 17.1. The predicted octanol–water partition coefficient (Wildman–Crippen LogP) is -1.61. The lowest BCUT2D eigenvalue weighted by Gasteiger charge is -2.06. The van der Waals surface area contributed by atoms with Crippen LogP contribution in [0, 0.1) is 0 Å². The van der Waals surface area contributed by atoms with Gasteiger partial charge in [-0.05, 0) is 6.92 Å². The second-order valence-electron chi connectivity index (χ2n) is 1.82. The molecular formula is C5H14O4Si. The van der Waals surface area contributed by atoms with Crippen molar-refractivity contribution in [2.75, 3.05) is 19.8 Å². The van der Waals surface area contributed by atoms with Crippen molar-refractivity contribution in [1.29, 1.82) is 0 Å². The summed E-state index contributed by atoms with van der Waals surface area (Å²) in [6.07, 6.45) is -0.757. The van der Waals surface area contributed by atoms with Crippen molar-refractivity contribution in [3.8, 4) is 0 Å². The molecule has 4 nitrogen and oxygen atoms in total. The minimum absolute atomic E-state index is 0.183. The van der Waals surface area contributed by atoms with Crippen LogP contribution < -0.4 is 0 Å². The van der Waals surface area contributed by atoms with Crippen LogP contribution in [0.5, 0.6) is 0 Å². The normalized spacial score (nSPS) is 14.7. The summed E-state index contributed by atoms with van der Waals surface area (Å²) in [5.74, 6) is 0. The molecule has 0 saturated carbocycles. The molecule has 0 radical (unpaired) electrons. The third-order valence-corrected chi connectivity index (χ3v) is 1.87. The first-order valence-corrected chi connectivity index (χ1v) is 4.41. The number of aliphatic hydroxyl groups excluding tert-OH is 2. The minimum Gasteiger partial charge on any atom is -0.399 e. The molecule has 5 heteroatoms. The molecule has 0 rings (SSSR count). The van der Waals surface area contributed by atoms with Gasteiger partial charge in [0.2, 0.25) is 0 Å². The van der Waals surface area contributed by atoms with Gasteiger partial charge in [-0.1, -0.05) is 0 Å². The van der Waals surface area contributed by atoms with Crippen molar-refractivity contribution in [3.63, 3.8) is 0 Å². The van der Waals surface area contributed by atoms with Crippen molar-refractivity contribution < 1.29 is 19.1 Å². The molecule has 0 aromatic heterocycles. The second kappa shape index (κ2) is 7.17. The zero-order valence-corrected chi connectivity index (χ0v) is 7.53. The zero-order valence-electron chi connectivity index (χ0n) is 6.12. The van der Waals surface area contributed by atoms with Crippen LogP contribution in [-0.4, -0.2) is 46.1 Å². The van der Waals surface area contributed by atoms with Crippen LogP contribution >= 0.6 is 0 Å². The summed E-state index contributed by atoms with van der Waals surface area (Å²) >= 11 is 0. The summed E-state index contributed by atoms with van der Waals surface area (Å²) in [5.41, 5.74) is 0. The summed E-state index contributed by atoms with van der Waals surface area (Å²) < 4.78 is 9.89. The van der Waals surface area contributed by atoms with Crippen molar-refractivity contribution in [1.82, 2.24) is 0 Å². The first kappa shape index (κ1) is 10.1. The Balaban J connectivity index is 2.89. The van der Waals surface area contributed by atoms with Gasteiger partial charge in [-0.3, -0.25) is 0 Å². The maximum absolute atomic E-state index is 8.75. The van der Waals surface area contributed by atoms with E-state index in [1.807, 2.05) is 6.92 Å². The molecule has 0 spiro atoms. The molecule has 0 amide bonds. The Bertz CT molecular complexity index is 70.7. The third-order valence-electron chi connectivity index (χ3n) is 0.892. The molecule has 0 fully saturated rings. The molecule has 0 aliphatic rings. The predicted molar refractivity (Wildman–Crippen MR) is 39.2 cm³/mol. The quantitative estimate of drug-likeness (QED) is 0.368. The fourth-order valence-corrected chi connectivity index (χ4v) is 1.03. The second-order valence-corrected chi connectivity index (χ2v) is 2.87. The first-order chi connectivity index (χ1) is 4.81. The summed E-state index contributed by atoms with van der Waals surface area (Å²) in [4.78, 5) is 0. The fraction of sp³-hybridized carbons (Fsp3) is 1.00. The van der Waals surface area contributed by atoms with Gasteiger partial charge in [0.25, 0.3) is 0 Å². The van der Waals surface area contributed by atoms with E-state index in [4.69, 9.17) is 19.1 Å². The maximum atomic E-state index is 8.75. The van der Waals surface area contributed by atoms with E-state index in [0.29, 0.717) is 6.61 Å². The molecule has 62 valence electrons. The van der Waals surface area contributed by atoms with E-state index in [-0.39, 0.29) is 13.2 Å². The average molecular weight is 166 g/mol. The Labute approximate surface area is 62.8 Å². The number of aliphatic hydroxyl groups is 2. The standard InChI is InChI=1S/C5H14O4Si/c1-2-8-10-9-4-5(7)3-6/h5-7H,2-4,10H2,1H3. The van der Waals surface area contributed by atoms with E-state index in [9.17, 15) is 0 Å². The van der Waals surface area contributed by atoms with Crippen LogP contribution in [0.4, 0.5) is 0 Å². The maximum Gasteiger partial charge on any atom is 0.304 e. The Kier molecular flexibility index (Phi) is 7.21. The van der Waals surface area contributed by atoms with Crippen LogP contribution in [0.25, 0.3) is 0 Å². The van der Waals surface area contributed by atoms with Crippen LogP contribution in [0.3, 0.4) is 0 Å². The van der Waals surface area contributed by atoms with Crippen LogP contribution in [0.15, 0.2) is 0 Å². The van der Waals surface area contributed by atoms with Gasteiger partial charge in [-0.15, -0.1) is 0 Å². The molecule has 1 atom stereocenters. The van der Waals surface area contributed by atoms with Gasteiger partial charge in [0.1, 0.15) is 0 Å². The highest BCUT2D eigenvalue weighted by Crippen LogP contribution is 1.81. The van der Waals surface area contributed by atoms with Gasteiger partial charge >= 0.3 is 10.0 Å². The number of hydrogen-bond acceptors (Lipinski definition) is 4. The number of rotatable bonds is 6. The van der Waals surface area contributed by atoms with Gasteiger partial charge in [0.05, 0.1) is 19.3 Å². The molecule has 0 bridgehead atoms. The van der Waals surface area contributed by atoms with Gasteiger partial charge in [-0.2, -0.15) is 0 Å². The Morgan fingerprint density at radius 3 is 2.70 bits per heavy atom. The number of hydrogen-bond donors (Lipinski definition) is 2. The lowest BCUT2D eigenvalue weighted by atomic mass is 10.4. The van der Waals surface area contributed by atoms with E-state index in [1.165, 1.54) is 0 Å². The van der Waals surface area contributed by atoms with Gasteiger partial charge in [-0.25, -0.2) is 0 Å². The Morgan fingerprint density at radius 2 is 2.20 bits per heavy atom. The van der Waals surface area contributed by atoms with Gasteiger partial charge in [0, 0.05) is 6.61 Å². The van der Waals surface area contributed by atoms with E-state index in [1.54, 1.807) is 0 Å². The molecule has 0 aliphatic carbocycles. The van der Waals surface area contributed by atoms with Crippen molar-refractivity contribution in [2.24, 2.45) is 0 Å². The highest BCUT2D eigenvalue weighted by atomic mass is 28.3. The van der Waals surface area contributed by atoms with Crippen molar-refractivity contribution >= 4 is 10.0 Å². The molecule has 10 heavy (non-hydrogen) atoms. The molecule has 0 saturated heterocycles. The van der Waals surface area contributed by atoms with Gasteiger partial charge < -0.3 is 19.1 Å². The van der Waals surface area contributed by atoms with Crippen LogP contribution in [0.1, 0.15) is 6.92 Å². The molecule has 0 aliphatic heterocycles. The molecule has 0 aromatic rings. The lowest BCUT2D eigenvalue weighted by Crippen LogP contribution is -2.21. The van der Waals surface area contributed by atoms with Crippen LogP contribution in [-0.2, 0) is 8.85 Å². The van der Waals surface area contributed by atoms with Crippen molar-refractivity contribution in [2.45, 2.75) is 13.0 Å². The zero-order chi connectivity index (χ0) is 7.82. The van der Waals surface area contributed by atoms with E-state index in [0.717, 1.165) is 0 Å². The summed E-state index contributed by atoms with van der Waals surface area (Å²) in [6.45, 7) is 2.48. The Hall–Kier alpha value is 0.0569. The summed E-state index contributed by atoms with van der Waals surface area (Å²) in [7, 11) is -0.912. The topological polar surface area (TPSA) is 58.9 Å². The monoisotopic (exact) mass is 166 g/mol. The molecule has 1 unspecified atom stereocenters. The smallest absolute Gasteiger partial charge is 0.304 e. The molecule has 0 heterocycles. The molecule has 2 N–H and O–H groups in total. The SMILES string of the molecule is CCO[SiH2]OCC(O)CO. The van der Waals surface area contributed by atoms with E-state index < -0.39 is 16.1 Å². The molecule has 0 aromatic carbocycles. The van der Waals surface area contributed by atoms with Crippen molar-refractivity contribution in [3.05, 3.63) is 0 Å². The largest absolute Gasteiger partial charge is 0.399 e. The molecular weight excluding hydrogens is 152 g/mol. The van der Waals surface area contributed by atoms with Crippen LogP contribution in [0.2, 0.25) is 0 Å².